The second-order valence-electron chi connectivity index (χ2n) is 11.2. The summed E-state index contributed by atoms with van der Waals surface area (Å²) in [6, 6.07) is -0.827. The van der Waals surface area contributed by atoms with Crippen LogP contribution in [-0.4, -0.2) is 87.5 Å². The number of unbranched alkanes of at least 4 members (excludes halogenated alkanes) is 8. The van der Waals surface area contributed by atoms with E-state index < -0.39 is 49.5 Å². The van der Waals surface area contributed by atoms with Gasteiger partial charge >= 0.3 is 0 Å². The zero-order valence-electron chi connectivity index (χ0n) is 26.4. The highest BCUT2D eigenvalue weighted by Crippen LogP contribution is 2.22. The van der Waals surface area contributed by atoms with Crippen molar-refractivity contribution in [3.05, 3.63) is 48.6 Å². The minimum atomic E-state index is -1.57. The molecule has 1 saturated heterocycles. The van der Waals surface area contributed by atoms with Crippen LogP contribution in [0.25, 0.3) is 0 Å². The second kappa shape index (κ2) is 25.5. The first-order valence-electron chi connectivity index (χ1n) is 16.4. The molecule has 7 unspecified atom stereocenters. The minimum Gasteiger partial charge on any atom is -0.394 e. The Bertz CT molecular complexity index is 812. The van der Waals surface area contributed by atoms with Crippen molar-refractivity contribution >= 4 is 5.91 Å². The fraction of sp³-hybridized carbons (Fsp3) is 0.735. The van der Waals surface area contributed by atoms with Crippen molar-refractivity contribution in [1.82, 2.24) is 5.32 Å². The quantitative estimate of drug-likeness (QED) is 0.0698. The van der Waals surface area contributed by atoms with Gasteiger partial charge in [-0.25, -0.2) is 0 Å². The van der Waals surface area contributed by atoms with Crippen molar-refractivity contribution in [2.75, 3.05) is 13.2 Å². The number of ether oxygens (including phenoxy) is 2. The number of amides is 1. The molecule has 0 spiro atoms. The summed E-state index contributed by atoms with van der Waals surface area (Å²) in [4.78, 5) is 12.7. The van der Waals surface area contributed by atoms with Crippen molar-refractivity contribution < 1.29 is 39.8 Å². The molecule has 43 heavy (non-hydrogen) atoms. The first-order chi connectivity index (χ1) is 20.8. The smallest absolute Gasteiger partial charge is 0.220 e. The zero-order chi connectivity index (χ0) is 31.7. The van der Waals surface area contributed by atoms with Crippen LogP contribution in [0, 0.1) is 0 Å². The molecule has 9 heteroatoms. The van der Waals surface area contributed by atoms with Crippen LogP contribution in [0.1, 0.15) is 104 Å². The van der Waals surface area contributed by atoms with Gasteiger partial charge in [-0.05, 0) is 57.8 Å². The third-order valence-corrected chi connectivity index (χ3v) is 7.35. The lowest BCUT2D eigenvalue weighted by atomic mass is 9.99. The number of hydrogen-bond acceptors (Lipinski definition) is 8. The van der Waals surface area contributed by atoms with Crippen molar-refractivity contribution in [2.45, 2.75) is 147 Å². The molecule has 0 saturated carbocycles. The molecule has 0 aromatic rings. The molecule has 1 heterocycles. The van der Waals surface area contributed by atoms with E-state index in [4.69, 9.17) is 9.47 Å². The third kappa shape index (κ3) is 17.9. The van der Waals surface area contributed by atoms with E-state index in [1.165, 1.54) is 6.42 Å². The van der Waals surface area contributed by atoms with Crippen LogP contribution in [-0.2, 0) is 14.3 Å². The topological polar surface area (TPSA) is 149 Å². The van der Waals surface area contributed by atoms with E-state index in [2.05, 4.69) is 55.6 Å². The Morgan fingerprint density at radius 3 is 2.07 bits per heavy atom. The number of allylic oxidation sites excluding steroid dienone is 7. The summed E-state index contributed by atoms with van der Waals surface area (Å²) < 4.78 is 11.1. The number of aliphatic hydroxyl groups is 5. The minimum absolute atomic E-state index is 0.211. The van der Waals surface area contributed by atoms with Crippen LogP contribution < -0.4 is 5.32 Å². The zero-order valence-corrected chi connectivity index (χ0v) is 26.4. The maximum Gasteiger partial charge on any atom is 0.220 e. The normalized spacial score (nSPS) is 24.5. The molecule has 0 aromatic heterocycles. The standard InChI is InChI=1S/C34H59NO8/c1-3-5-7-9-11-13-15-17-19-21-23-28(37)27(26-42-34-33(41)32(40)31(39)29(25-36)43-34)35-30(38)24-22-20-18-16-14-12-10-8-6-4-2/h5,7-8,10,13,15,21,23,27-29,31-34,36-37,39-41H,3-4,6,9,11-12,14,16-20,22,24-26H2,1-2H3,(H,35,38)/b7-5+,10-8-,15-13+,23-21+. The molecule has 1 aliphatic heterocycles. The van der Waals surface area contributed by atoms with E-state index in [0.29, 0.717) is 6.42 Å². The van der Waals surface area contributed by atoms with Gasteiger partial charge in [0, 0.05) is 6.42 Å². The maximum absolute atomic E-state index is 12.7. The van der Waals surface area contributed by atoms with E-state index >= 15 is 0 Å². The lowest BCUT2D eigenvalue weighted by molar-refractivity contribution is -0.302. The Morgan fingerprint density at radius 1 is 0.791 bits per heavy atom. The van der Waals surface area contributed by atoms with Gasteiger partial charge in [-0.15, -0.1) is 0 Å². The molecule has 0 aliphatic carbocycles. The highest BCUT2D eigenvalue weighted by Gasteiger charge is 2.44. The second-order valence-corrected chi connectivity index (χ2v) is 11.2. The predicted octanol–water partition coefficient (Wildman–Crippen LogP) is 4.37. The van der Waals surface area contributed by atoms with Crippen LogP contribution in [0.4, 0.5) is 0 Å². The monoisotopic (exact) mass is 609 g/mol. The SMILES string of the molecule is CC/C=C/CC/C=C/CC/C=C/C(O)C(COC1OC(CO)C(O)C(O)C1O)NC(=O)CCCCCCC/C=C\CCC. The number of aliphatic hydroxyl groups excluding tert-OH is 5. The number of hydrogen-bond donors (Lipinski definition) is 6. The van der Waals surface area contributed by atoms with Gasteiger partial charge in [-0.3, -0.25) is 4.79 Å². The number of rotatable bonds is 24. The van der Waals surface area contributed by atoms with Gasteiger partial charge in [0.15, 0.2) is 6.29 Å². The lowest BCUT2D eigenvalue weighted by Crippen LogP contribution is -2.60. The molecule has 0 radical (unpaired) electrons. The van der Waals surface area contributed by atoms with Crippen molar-refractivity contribution in [3.8, 4) is 0 Å². The van der Waals surface area contributed by atoms with Crippen LogP contribution in [0.5, 0.6) is 0 Å². The number of carbonyl (C=O) groups is 1. The molecule has 6 N–H and O–H groups in total. The average Bonchev–Trinajstić information content (AvgIpc) is 3.00. The first kappa shape index (κ1) is 39.2. The third-order valence-electron chi connectivity index (χ3n) is 7.35. The Labute approximate surface area is 259 Å². The van der Waals surface area contributed by atoms with Crippen LogP contribution >= 0.6 is 0 Å². The van der Waals surface area contributed by atoms with E-state index in [1.54, 1.807) is 6.08 Å². The molecule has 248 valence electrons. The van der Waals surface area contributed by atoms with Crippen molar-refractivity contribution in [2.24, 2.45) is 0 Å². The summed E-state index contributed by atoms with van der Waals surface area (Å²) in [6.45, 7) is 3.50. The summed E-state index contributed by atoms with van der Waals surface area (Å²) in [6.07, 6.45) is 21.7. The average molecular weight is 610 g/mol. The van der Waals surface area contributed by atoms with Gasteiger partial charge in [-0.1, -0.05) is 88.1 Å². The molecule has 0 bridgehead atoms. The van der Waals surface area contributed by atoms with Crippen LogP contribution in [0.3, 0.4) is 0 Å². The van der Waals surface area contributed by atoms with Gasteiger partial charge in [0.05, 0.1) is 25.4 Å². The summed E-state index contributed by atoms with van der Waals surface area (Å²) in [5, 5.41) is 53.5. The highest BCUT2D eigenvalue weighted by atomic mass is 16.7. The fourth-order valence-corrected chi connectivity index (χ4v) is 4.66. The van der Waals surface area contributed by atoms with Gasteiger partial charge in [0.2, 0.25) is 5.91 Å². The predicted molar refractivity (Wildman–Crippen MR) is 170 cm³/mol. The van der Waals surface area contributed by atoms with Gasteiger partial charge in [-0.2, -0.15) is 0 Å². The summed E-state index contributed by atoms with van der Waals surface area (Å²) in [5.41, 5.74) is 0. The lowest BCUT2D eigenvalue weighted by Gasteiger charge is -2.40. The van der Waals surface area contributed by atoms with Crippen LogP contribution in [0.2, 0.25) is 0 Å². The molecular formula is C34H59NO8. The Balaban J connectivity index is 2.59. The van der Waals surface area contributed by atoms with Crippen LogP contribution in [0.15, 0.2) is 48.6 Å². The van der Waals surface area contributed by atoms with E-state index in [-0.39, 0.29) is 12.5 Å². The molecule has 1 rings (SSSR count). The Kier molecular flexibility index (Phi) is 23.2. The molecule has 7 atom stereocenters. The molecule has 0 aromatic carbocycles. The van der Waals surface area contributed by atoms with E-state index in [9.17, 15) is 30.3 Å². The van der Waals surface area contributed by atoms with Crippen molar-refractivity contribution in [1.29, 1.82) is 0 Å². The first-order valence-corrected chi connectivity index (χ1v) is 16.4. The van der Waals surface area contributed by atoms with Gasteiger partial charge in [0.25, 0.3) is 0 Å². The van der Waals surface area contributed by atoms with Crippen molar-refractivity contribution in [3.63, 3.8) is 0 Å². The summed E-state index contributed by atoms with van der Waals surface area (Å²) in [7, 11) is 0. The molecule has 9 nitrogen and oxygen atoms in total. The molecule has 1 fully saturated rings. The largest absolute Gasteiger partial charge is 0.394 e. The molecule has 1 amide bonds. The maximum atomic E-state index is 12.7. The molecule has 1 aliphatic rings. The highest BCUT2D eigenvalue weighted by molar-refractivity contribution is 5.76. The van der Waals surface area contributed by atoms with E-state index in [1.807, 2.05) is 6.08 Å². The number of nitrogens with one attached hydrogen (secondary N) is 1. The van der Waals surface area contributed by atoms with Gasteiger partial charge in [0.1, 0.15) is 24.4 Å². The Hall–Kier alpha value is -1.85. The Morgan fingerprint density at radius 2 is 1.40 bits per heavy atom. The molecular weight excluding hydrogens is 550 g/mol. The fourth-order valence-electron chi connectivity index (χ4n) is 4.66. The summed E-state index contributed by atoms with van der Waals surface area (Å²) in [5.74, 6) is -0.211. The number of carbonyl (C=O) groups excluding carboxylic acids is 1. The van der Waals surface area contributed by atoms with Gasteiger partial charge < -0.3 is 40.3 Å². The van der Waals surface area contributed by atoms with E-state index in [0.717, 1.165) is 77.0 Å². The summed E-state index contributed by atoms with van der Waals surface area (Å²) >= 11 is 0.